The van der Waals surface area contributed by atoms with Crippen LogP contribution in [0, 0.1) is 5.82 Å². The van der Waals surface area contributed by atoms with E-state index in [2.05, 4.69) is 9.88 Å². The van der Waals surface area contributed by atoms with Gasteiger partial charge in [0, 0.05) is 32.6 Å². The number of ether oxygens (including phenoxy) is 2. The van der Waals surface area contributed by atoms with Gasteiger partial charge >= 0.3 is 0 Å². The summed E-state index contributed by atoms with van der Waals surface area (Å²) in [7, 11) is -2.08. The second-order valence-corrected chi connectivity index (χ2v) is 12.1. The van der Waals surface area contributed by atoms with Crippen LogP contribution in [0.15, 0.2) is 41.3 Å². The number of nitrogens with zero attached hydrogens (tertiary/aromatic N) is 3. The van der Waals surface area contributed by atoms with Crippen LogP contribution >= 0.6 is 35.3 Å². The number of anilines is 1. The number of benzene rings is 2. The van der Waals surface area contributed by atoms with Crippen molar-refractivity contribution in [2.45, 2.75) is 24.2 Å². The number of hydrogen-bond acceptors (Lipinski definition) is 8. The molecular formula is C25H30Cl2FN3O5S2. The third-order valence-electron chi connectivity index (χ3n) is 6.14. The number of hydrogen-bond donors (Lipinski definition) is 0. The normalized spacial score (nSPS) is 14.3. The average Bonchev–Trinajstić information content (AvgIpc) is 3.33. The van der Waals surface area contributed by atoms with Crippen LogP contribution in [0.2, 0.25) is 5.02 Å². The lowest BCUT2D eigenvalue weighted by Gasteiger charge is -2.27. The van der Waals surface area contributed by atoms with Crippen molar-refractivity contribution in [1.82, 2.24) is 9.88 Å². The van der Waals surface area contributed by atoms with Gasteiger partial charge in [0.2, 0.25) is 5.91 Å². The Balaban J connectivity index is 0.00000400. The van der Waals surface area contributed by atoms with E-state index in [-0.39, 0.29) is 41.8 Å². The molecule has 0 atom stereocenters. The first-order chi connectivity index (χ1) is 17.8. The summed E-state index contributed by atoms with van der Waals surface area (Å²) in [4.78, 5) is 22.0. The average molecular weight is 607 g/mol. The van der Waals surface area contributed by atoms with Crippen LogP contribution in [-0.2, 0) is 19.4 Å². The molecule has 2 aromatic carbocycles. The number of thiazole rings is 1. The lowest BCUT2D eigenvalue weighted by atomic mass is 10.2. The number of sulfone groups is 1. The van der Waals surface area contributed by atoms with E-state index in [1.54, 1.807) is 24.1 Å². The summed E-state index contributed by atoms with van der Waals surface area (Å²) in [5.74, 6) is -0.376. The van der Waals surface area contributed by atoms with Gasteiger partial charge in [0.05, 0.1) is 40.7 Å². The summed E-state index contributed by atoms with van der Waals surface area (Å²) in [5.41, 5.74) is 0.583. The maximum atomic E-state index is 13.4. The molecule has 208 valence electrons. The fourth-order valence-electron chi connectivity index (χ4n) is 4.13. The number of carbonyl (C=O) groups excluding carboxylic acids is 1. The number of amides is 1. The zero-order valence-corrected chi connectivity index (χ0v) is 24.1. The smallest absolute Gasteiger partial charge is 0.228 e. The molecule has 8 nitrogen and oxygen atoms in total. The molecule has 1 aliphatic rings. The van der Waals surface area contributed by atoms with Gasteiger partial charge in [-0.3, -0.25) is 14.6 Å². The molecule has 1 saturated heterocycles. The van der Waals surface area contributed by atoms with E-state index < -0.39 is 15.7 Å². The van der Waals surface area contributed by atoms with Crippen molar-refractivity contribution in [1.29, 1.82) is 0 Å². The van der Waals surface area contributed by atoms with Gasteiger partial charge in [0.15, 0.2) is 15.0 Å². The minimum Gasteiger partial charge on any atom is -0.494 e. The third kappa shape index (κ3) is 7.55. The Morgan fingerprint density at radius 2 is 1.89 bits per heavy atom. The molecular weight excluding hydrogens is 576 g/mol. The third-order valence-corrected chi connectivity index (χ3v) is 9.49. The molecule has 0 spiro atoms. The molecule has 1 fully saturated rings. The fourth-order valence-corrected chi connectivity index (χ4v) is 6.74. The molecule has 0 aliphatic carbocycles. The minimum absolute atomic E-state index is 0. The second-order valence-electron chi connectivity index (χ2n) is 8.65. The van der Waals surface area contributed by atoms with Crippen molar-refractivity contribution < 1.29 is 27.1 Å². The van der Waals surface area contributed by atoms with Crippen LogP contribution in [0.1, 0.15) is 19.3 Å². The van der Waals surface area contributed by atoms with E-state index in [4.69, 9.17) is 21.1 Å². The van der Waals surface area contributed by atoms with Crippen LogP contribution in [0.4, 0.5) is 9.52 Å². The molecule has 13 heteroatoms. The van der Waals surface area contributed by atoms with Crippen LogP contribution in [0.3, 0.4) is 0 Å². The first-order valence-electron chi connectivity index (χ1n) is 12.0. The van der Waals surface area contributed by atoms with E-state index >= 15 is 0 Å². The molecule has 1 aliphatic heterocycles. The van der Waals surface area contributed by atoms with Gasteiger partial charge in [0.25, 0.3) is 0 Å². The van der Waals surface area contributed by atoms with Gasteiger partial charge < -0.3 is 9.47 Å². The van der Waals surface area contributed by atoms with E-state index in [9.17, 15) is 17.6 Å². The van der Waals surface area contributed by atoms with Gasteiger partial charge in [-0.25, -0.2) is 17.8 Å². The Morgan fingerprint density at radius 1 is 1.18 bits per heavy atom. The Morgan fingerprint density at radius 3 is 2.58 bits per heavy atom. The number of morpholine rings is 1. The predicted octanol–water partition coefficient (Wildman–Crippen LogP) is 4.83. The van der Waals surface area contributed by atoms with Gasteiger partial charge in [-0.05, 0) is 49.2 Å². The number of rotatable bonds is 11. The lowest BCUT2D eigenvalue weighted by molar-refractivity contribution is -0.118. The van der Waals surface area contributed by atoms with Crippen molar-refractivity contribution in [3.05, 3.63) is 47.2 Å². The molecule has 2 heterocycles. The maximum Gasteiger partial charge on any atom is 0.228 e. The molecule has 0 radical (unpaired) electrons. The molecule has 0 bridgehead atoms. The van der Waals surface area contributed by atoms with E-state index in [0.29, 0.717) is 41.2 Å². The Labute approximate surface area is 237 Å². The van der Waals surface area contributed by atoms with Crippen LogP contribution in [-0.4, -0.2) is 76.5 Å². The zero-order chi connectivity index (χ0) is 26.4. The number of methoxy groups -OCH3 is 1. The molecule has 3 aromatic rings. The van der Waals surface area contributed by atoms with Crippen molar-refractivity contribution in [2.75, 3.05) is 57.2 Å². The quantitative estimate of drug-likeness (QED) is 0.289. The number of aromatic nitrogens is 1. The van der Waals surface area contributed by atoms with Crippen molar-refractivity contribution in [3.8, 4) is 5.75 Å². The lowest BCUT2D eigenvalue weighted by Crippen LogP contribution is -2.39. The summed E-state index contributed by atoms with van der Waals surface area (Å²) in [6.45, 7) is 4.33. The van der Waals surface area contributed by atoms with E-state index in [0.717, 1.165) is 42.9 Å². The van der Waals surface area contributed by atoms with E-state index in [1.807, 2.05) is 0 Å². The molecule has 0 unspecified atom stereocenters. The largest absolute Gasteiger partial charge is 0.494 e. The number of halogens is 3. The zero-order valence-electron chi connectivity index (χ0n) is 20.9. The summed E-state index contributed by atoms with van der Waals surface area (Å²) in [5, 5.41) is 1.01. The highest BCUT2D eigenvalue weighted by molar-refractivity contribution is 7.91. The topological polar surface area (TPSA) is 89.0 Å². The Hall–Kier alpha value is -2.02. The second kappa shape index (κ2) is 13.9. The van der Waals surface area contributed by atoms with Crippen LogP contribution in [0.5, 0.6) is 5.75 Å². The Bertz CT molecular complexity index is 1330. The van der Waals surface area contributed by atoms with Gasteiger partial charge in [-0.1, -0.05) is 22.9 Å². The SMILES string of the molecule is COc1ccc(Cl)c2sc(N(CCCN3CCOCC3)C(=O)CCCS(=O)(=O)c3ccc(F)cc3)nc12.Cl. The molecule has 1 aromatic heterocycles. The highest BCUT2D eigenvalue weighted by Crippen LogP contribution is 2.39. The van der Waals surface area contributed by atoms with Gasteiger partial charge in [-0.2, -0.15) is 0 Å². The monoisotopic (exact) mass is 605 g/mol. The molecule has 38 heavy (non-hydrogen) atoms. The predicted molar refractivity (Wildman–Crippen MR) is 150 cm³/mol. The number of carbonyl (C=O) groups is 1. The first kappa shape index (κ1) is 30.5. The summed E-state index contributed by atoms with van der Waals surface area (Å²) in [6.07, 6.45) is 0.882. The summed E-state index contributed by atoms with van der Waals surface area (Å²) >= 11 is 7.70. The molecule has 1 amide bonds. The standard InChI is InChI=1S/C25H29ClFN3O5S2.ClH/c1-34-21-10-9-20(26)24-23(21)28-25(36-24)30(12-3-11-29-13-15-35-16-14-29)22(31)4-2-17-37(32,33)19-7-5-18(27)6-8-19;/h5-10H,2-4,11-17H2,1H3;1H. The summed E-state index contributed by atoms with van der Waals surface area (Å²) in [6, 6.07) is 8.17. The first-order valence-corrected chi connectivity index (χ1v) is 14.8. The maximum absolute atomic E-state index is 13.4. The number of fused-ring (bicyclic) bond motifs is 1. The molecule has 4 rings (SSSR count). The highest BCUT2D eigenvalue weighted by Gasteiger charge is 2.23. The minimum atomic E-state index is -3.63. The van der Waals surface area contributed by atoms with Crippen LogP contribution < -0.4 is 9.64 Å². The van der Waals surface area contributed by atoms with Gasteiger partial charge in [-0.15, -0.1) is 12.4 Å². The highest BCUT2D eigenvalue weighted by atomic mass is 35.5. The van der Waals surface area contributed by atoms with Crippen LogP contribution in [0.25, 0.3) is 10.2 Å². The van der Waals surface area contributed by atoms with Crippen molar-refractivity contribution >= 4 is 66.4 Å². The van der Waals surface area contributed by atoms with Gasteiger partial charge in [0.1, 0.15) is 17.1 Å². The summed E-state index contributed by atoms with van der Waals surface area (Å²) < 4.78 is 50.0. The Kier molecular flexibility index (Phi) is 11.1. The fraction of sp³-hybridized carbons (Fsp3) is 0.440. The van der Waals surface area contributed by atoms with Crippen molar-refractivity contribution in [2.24, 2.45) is 0 Å². The van der Waals surface area contributed by atoms with E-state index in [1.165, 1.54) is 23.5 Å². The molecule has 0 saturated carbocycles. The van der Waals surface area contributed by atoms with Crippen molar-refractivity contribution in [3.63, 3.8) is 0 Å². The molecule has 0 N–H and O–H groups in total.